The summed E-state index contributed by atoms with van der Waals surface area (Å²) in [6.45, 7) is 0.0750. The second kappa shape index (κ2) is 17.5. The number of hydrogen-bond donors (Lipinski definition) is 11. The minimum Gasteiger partial charge on any atom is -0.394 e. The van der Waals surface area contributed by atoms with E-state index in [0.717, 1.165) is 25.8 Å². The van der Waals surface area contributed by atoms with Gasteiger partial charge in [0.25, 0.3) is 0 Å². The quantitative estimate of drug-likeness (QED) is 0.0706. The number of aliphatic hydroxyl groups is 10. The van der Waals surface area contributed by atoms with Crippen LogP contribution in [0, 0.1) is 0 Å². The van der Waals surface area contributed by atoms with Gasteiger partial charge in [0.1, 0.15) is 61.0 Å². The van der Waals surface area contributed by atoms with Gasteiger partial charge in [-0.15, -0.1) is 0 Å². The predicted octanol–water partition coefficient (Wildman–Crippen LogP) is -5.84. The van der Waals surface area contributed by atoms with Crippen LogP contribution in [0.15, 0.2) is 0 Å². The maximum Gasteiger partial charge on any atom is 0.186 e. The van der Waals surface area contributed by atoms with E-state index in [2.05, 4.69) is 0 Å². The van der Waals surface area contributed by atoms with Crippen molar-refractivity contribution in [3.8, 4) is 0 Å². The Morgan fingerprint density at radius 2 is 1.30 bits per heavy atom. The molecule has 2 heterocycles. The fourth-order valence-electron chi connectivity index (χ4n) is 4.47. The zero-order valence-corrected chi connectivity index (χ0v) is 22.7. The minimum absolute atomic E-state index is 0.177. The summed E-state index contributed by atoms with van der Waals surface area (Å²) in [5, 5.41) is 101. The van der Waals surface area contributed by atoms with E-state index >= 15 is 0 Å². The highest BCUT2D eigenvalue weighted by molar-refractivity contribution is 4.92. The van der Waals surface area contributed by atoms with E-state index in [1.807, 2.05) is 11.9 Å². The fraction of sp³-hybridized carbons (Fsp3) is 1.00. The molecule has 0 bridgehead atoms. The van der Waals surface area contributed by atoms with Gasteiger partial charge in [0.15, 0.2) is 12.6 Å². The van der Waals surface area contributed by atoms with E-state index in [4.69, 9.17) is 24.7 Å². The summed E-state index contributed by atoms with van der Waals surface area (Å²) in [5.41, 5.74) is 5.47. The molecule has 12 N–H and O–H groups in total. The van der Waals surface area contributed by atoms with Crippen molar-refractivity contribution in [2.24, 2.45) is 5.73 Å². The molecule has 0 aromatic heterocycles. The molecular weight excluding hydrogens is 540 g/mol. The lowest BCUT2D eigenvalue weighted by molar-refractivity contribution is -0.333. The van der Waals surface area contributed by atoms with Crippen LogP contribution in [0.3, 0.4) is 0 Å². The third-order valence-electron chi connectivity index (χ3n) is 7.21. The Bertz CT molecular complexity index is 696. The number of ether oxygens (including phenoxy) is 4. The first-order valence-corrected chi connectivity index (χ1v) is 13.6. The second-order valence-electron chi connectivity index (χ2n) is 10.4. The van der Waals surface area contributed by atoms with Crippen molar-refractivity contribution in [1.82, 2.24) is 4.90 Å². The summed E-state index contributed by atoms with van der Waals surface area (Å²) < 4.78 is 21.4. The van der Waals surface area contributed by atoms with Gasteiger partial charge in [-0.3, -0.25) is 0 Å². The maximum atomic E-state index is 10.3. The smallest absolute Gasteiger partial charge is 0.186 e. The van der Waals surface area contributed by atoms with E-state index in [1.165, 1.54) is 0 Å². The molecule has 2 saturated heterocycles. The molecule has 0 unspecified atom stereocenters. The van der Waals surface area contributed by atoms with Crippen molar-refractivity contribution < 1.29 is 70.0 Å². The summed E-state index contributed by atoms with van der Waals surface area (Å²) in [5.74, 6) is 0. The van der Waals surface area contributed by atoms with E-state index < -0.39 is 99.5 Å². The Kier molecular flexibility index (Phi) is 15.5. The first-order valence-electron chi connectivity index (χ1n) is 13.6. The van der Waals surface area contributed by atoms with Gasteiger partial charge in [0.2, 0.25) is 0 Å². The molecule has 0 aromatic carbocycles. The molecule has 2 aliphatic rings. The van der Waals surface area contributed by atoms with Crippen molar-refractivity contribution in [1.29, 1.82) is 0 Å². The van der Waals surface area contributed by atoms with Crippen molar-refractivity contribution in [2.75, 3.05) is 46.5 Å². The van der Waals surface area contributed by atoms with E-state index in [-0.39, 0.29) is 6.42 Å². The SMILES string of the molecule is CN(CCCCCN)CC[C@@H](O)[C@H](O)[C@H](O)CO[C@@H]1O[C@H](CO[C@@H]2O[C@H](CO)[C@@H](O)[C@H](O)[C@H]2O)[C@@H](O)[C@H](O)[C@H]1O. The van der Waals surface area contributed by atoms with Crippen LogP contribution in [0.25, 0.3) is 0 Å². The molecule has 2 aliphatic heterocycles. The molecule has 13 atom stereocenters. The van der Waals surface area contributed by atoms with Gasteiger partial charge < -0.3 is 80.6 Å². The number of hydrogen-bond acceptors (Lipinski definition) is 16. The third-order valence-corrected chi connectivity index (χ3v) is 7.21. The number of unbranched alkanes of at least 4 members (excludes halogenated alkanes) is 2. The van der Waals surface area contributed by atoms with Crippen LogP contribution in [0.4, 0.5) is 0 Å². The highest BCUT2D eigenvalue weighted by Gasteiger charge is 2.47. The molecule has 0 radical (unpaired) electrons. The Morgan fingerprint density at radius 3 is 1.90 bits per heavy atom. The van der Waals surface area contributed by atoms with Crippen molar-refractivity contribution in [3.05, 3.63) is 0 Å². The van der Waals surface area contributed by atoms with Gasteiger partial charge in [0.05, 0.1) is 25.9 Å². The Hall–Kier alpha value is -0.640. The van der Waals surface area contributed by atoms with Crippen molar-refractivity contribution in [2.45, 2.75) is 105 Å². The first-order chi connectivity index (χ1) is 18.9. The Morgan fingerprint density at radius 1 is 0.725 bits per heavy atom. The lowest BCUT2D eigenvalue weighted by Crippen LogP contribution is -2.62. The van der Waals surface area contributed by atoms with Gasteiger partial charge in [-0.25, -0.2) is 0 Å². The number of aliphatic hydroxyl groups excluding tert-OH is 10. The van der Waals surface area contributed by atoms with Crippen LogP contribution in [0.5, 0.6) is 0 Å². The monoisotopic (exact) mass is 588 g/mol. The molecule has 0 spiro atoms. The molecule has 16 heteroatoms. The standard InChI is InChI=1S/C24H48N2O14/c1-26(7-4-2-3-6-25)8-5-12(28)16(30)13(29)10-37-23-22(36)20(34)18(32)15(40-23)11-38-24-21(35)19(33)17(31)14(9-27)39-24/h12-24,27-36H,2-11,25H2,1H3/t12-,13-,14-,15-,16+,17-,18-,19+,20+,21-,22-,23-,24-/m1/s1. The van der Waals surface area contributed by atoms with Gasteiger partial charge in [-0.2, -0.15) is 0 Å². The minimum atomic E-state index is -1.77. The highest BCUT2D eigenvalue weighted by Crippen LogP contribution is 2.26. The molecule has 0 amide bonds. The molecule has 2 rings (SSSR count). The number of nitrogens with zero attached hydrogens (tertiary/aromatic N) is 1. The molecule has 0 saturated carbocycles. The van der Waals surface area contributed by atoms with Crippen molar-refractivity contribution in [3.63, 3.8) is 0 Å². The third kappa shape index (κ3) is 9.98. The normalized spacial score (nSPS) is 37.4. The summed E-state index contributed by atoms with van der Waals surface area (Å²) in [7, 11) is 1.88. The lowest BCUT2D eigenvalue weighted by atomic mass is 9.98. The Balaban J connectivity index is 1.83. The van der Waals surface area contributed by atoms with E-state index in [9.17, 15) is 51.1 Å². The van der Waals surface area contributed by atoms with Crippen molar-refractivity contribution >= 4 is 0 Å². The first kappa shape index (κ1) is 35.6. The van der Waals surface area contributed by atoms with Crippen LogP contribution in [-0.2, 0) is 18.9 Å². The average Bonchev–Trinajstić information content (AvgIpc) is 2.95. The summed E-state index contributed by atoms with van der Waals surface area (Å²) in [6.07, 6.45) is -17.3. The number of nitrogens with two attached hydrogens (primary N) is 1. The second-order valence-corrected chi connectivity index (χ2v) is 10.4. The molecule has 238 valence electrons. The molecule has 0 aromatic rings. The fourth-order valence-corrected chi connectivity index (χ4v) is 4.47. The largest absolute Gasteiger partial charge is 0.394 e. The van der Waals surface area contributed by atoms with Gasteiger partial charge in [-0.1, -0.05) is 6.42 Å². The van der Waals surface area contributed by atoms with Crippen LogP contribution in [-0.4, -0.2) is 182 Å². The van der Waals surface area contributed by atoms with Crippen LogP contribution >= 0.6 is 0 Å². The van der Waals surface area contributed by atoms with Crippen LogP contribution in [0.2, 0.25) is 0 Å². The zero-order chi connectivity index (χ0) is 30.0. The molecule has 16 nitrogen and oxygen atoms in total. The summed E-state index contributed by atoms with van der Waals surface area (Å²) in [4.78, 5) is 1.99. The molecule has 2 fully saturated rings. The van der Waals surface area contributed by atoms with E-state index in [0.29, 0.717) is 13.1 Å². The van der Waals surface area contributed by atoms with Crippen LogP contribution < -0.4 is 5.73 Å². The average molecular weight is 589 g/mol. The number of rotatable bonds is 17. The highest BCUT2D eigenvalue weighted by atomic mass is 16.7. The molecular formula is C24H48N2O14. The van der Waals surface area contributed by atoms with E-state index in [1.54, 1.807) is 0 Å². The van der Waals surface area contributed by atoms with Gasteiger partial charge >= 0.3 is 0 Å². The topological polar surface area (TPSA) is 268 Å². The molecule has 0 aliphatic carbocycles. The summed E-state index contributed by atoms with van der Waals surface area (Å²) in [6, 6.07) is 0. The Labute approximate surface area is 233 Å². The predicted molar refractivity (Wildman–Crippen MR) is 135 cm³/mol. The van der Waals surface area contributed by atoms with Gasteiger partial charge in [0, 0.05) is 6.54 Å². The molecule has 40 heavy (non-hydrogen) atoms. The lowest BCUT2D eigenvalue weighted by Gasteiger charge is -2.42. The maximum absolute atomic E-state index is 10.3. The zero-order valence-electron chi connectivity index (χ0n) is 22.7. The van der Waals surface area contributed by atoms with Gasteiger partial charge in [-0.05, 0) is 39.4 Å². The van der Waals surface area contributed by atoms with Crippen LogP contribution in [0.1, 0.15) is 25.7 Å². The summed E-state index contributed by atoms with van der Waals surface area (Å²) >= 11 is 0.